The number of alkyl halides is 3. The molecule has 0 spiro atoms. The molecule has 27 heavy (non-hydrogen) atoms. The van der Waals surface area contributed by atoms with Gasteiger partial charge >= 0.3 is 6.18 Å². The Morgan fingerprint density at radius 2 is 1.74 bits per heavy atom. The van der Waals surface area contributed by atoms with E-state index in [2.05, 4.69) is 15.5 Å². The van der Waals surface area contributed by atoms with Crippen molar-refractivity contribution in [2.75, 3.05) is 12.4 Å². The highest BCUT2D eigenvalue weighted by molar-refractivity contribution is 5.75. The van der Waals surface area contributed by atoms with Crippen LogP contribution in [-0.2, 0) is 12.7 Å². The summed E-state index contributed by atoms with van der Waals surface area (Å²) in [5.41, 5.74) is 1.91. The van der Waals surface area contributed by atoms with Crippen molar-refractivity contribution in [3.05, 3.63) is 71.4 Å². The lowest BCUT2D eigenvalue weighted by molar-refractivity contribution is -0.137. The fourth-order valence-electron chi connectivity index (χ4n) is 2.63. The molecule has 1 heterocycles. The summed E-state index contributed by atoms with van der Waals surface area (Å²) in [6, 6.07) is 14.4. The number of aryl methyl sites for hydroxylation is 1. The highest BCUT2D eigenvalue weighted by Gasteiger charge is 2.30. The number of nitrogens with one attached hydrogen (secondary N) is 1. The number of hydrogen-bond acceptors (Lipinski definition) is 4. The van der Waals surface area contributed by atoms with Gasteiger partial charge in [-0.15, -0.1) is 5.10 Å². The number of nitrogens with zero attached hydrogens (tertiary/aromatic N) is 2. The Labute approximate surface area is 155 Å². The summed E-state index contributed by atoms with van der Waals surface area (Å²) in [7, 11) is 1.59. The Balaban J connectivity index is 1.89. The topological polar surface area (TPSA) is 47.0 Å². The zero-order valence-corrected chi connectivity index (χ0v) is 14.8. The first-order valence-corrected chi connectivity index (χ1v) is 8.25. The van der Waals surface area contributed by atoms with Gasteiger partial charge < -0.3 is 10.1 Å². The van der Waals surface area contributed by atoms with Crippen molar-refractivity contribution in [3.63, 3.8) is 0 Å². The van der Waals surface area contributed by atoms with Crippen LogP contribution >= 0.6 is 0 Å². The van der Waals surface area contributed by atoms with E-state index in [4.69, 9.17) is 4.74 Å². The molecule has 1 N–H and O–H groups in total. The summed E-state index contributed by atoms with van der Waals surface area (Å²) in [6.07, 6.45) is -4.40. The molecule has 2 aromatic carbocycles. The smallest absolute Gasteiger partial charge is 0.416 e. The molecular formula is C20H18F3N3O. The number of anilines is 1. The maximum Gasteiger partial charge on any atom is 0.416 e. The quantitative estimate of drug-likeness (QED) is 0.677. The van der Waals surface area contributed by atoms with E-state index in [-0.39, 0.29) is 0 Å². The van der Waals surface area contributed by atoms with Gasteiger partial charge in [0.25, 0.3) is 0 Å². The first kappa shape index (κ1) is 18.7. The van der Waals surface area contributed by atoms with Gasteiger partial charge in [0.15, 0.2) is 5.82 Å². The average molecular weight is 373 g/mol. The van der Waals surface area contributed by atoms with Crippen LogP contribution in [-0.4, -0.2) is 17.3 Å². The van der Waals surface area contributed by atoms with Crippen LogP contribution in [0.15, 0.2) is 54.6 Å². The van der Waals surface area contributed by atoms with E-state index in [1.165, 1.54) is 6.07 Å². The van der Waals surface area contributed by atoms with Gasteiger partial charge in [-0.1, -0.05) is 24.3 Å². The first-order valence-electron chi connectivity index (χ1n) is 8.25. The minimum Gasteiger partial charge on any atom is -0.497 e. The summed E-state index contributed by atoms with van der Waals surface area (Å²) in [5.74, 6) is 1.18. The number of benzene rings is 2. The van der Waals surface area contributed by atoms with Gasteiger partial charge in [-0.2, -0.15) is 18.3 Å². The Hall–Kier alpha value is -3.09. The zero-order chi connectivity index (χ0) is 19.4. The molecule has 3 rings (SSSR count). The van der Waals surface area contributed by atoms with Gasteiger partial charge in [0.2, 0.25) is 0 Å². The molecule has 0 fully saturated rings. The number of ether oxygens (including phenoxy) is 1. The molecule has 0 amide bonds. The molecule has 0 atom stereocenters. The maximum absolute atomic E-state index is 13.0. The second-order valence-corrected chi connectivity index (χ2v) is 6.03. The van der Waals surface area contributed by atoms with E-state index in [9.17, 15) is 13.2 Å². The van der Waals surface area contributed by atoms with Crippen molar-refractivity contribution in [1.29, 1.82) is 0 Å². The largest absolute Gasteiger partial charge is 0.497 e. The minimum atomic E-state index is -4.40. The molecule has 1 aromatic heterocycles. The van der Waals surface area contributed by atoms with Crippen LogP contribution in [0, 0.1) is 6.92 Å². The van der Waals surface area contributed by atoms with E-state index in [1.54, 1.807) is 26.2 Å². The van der Waals surface area contributed by atoms with Crippen LogP contribution < -0.4 is 10.1 Å². The van der Waals surface area contributed by atoms with E-state index >= 15 is 0 Å². The third-order valence-electron chi connectivity index (χ3n) is 4.04. The molecule has 0 aliphatic carbocycles. The standard InChI is InChI=1S/C20H18F3N3O/c1-13-10-18(15-4-3-5-16(11-15)20(21,22)23)19(26-25-13)24-12-14-6-8-17(27-2)9-7-14/h3-11H,12H2,1-2H3,(H,24,26). The average Bonchev–Trinajstić information content (AvgIpc) is 2.67. The lowest BCUT2D eigenvalue weighted by atomic mass is 10.0. The fraction of sp³-hybridized carbons (Fsp3) is 0.200. The van der Waals surface area contributed by atoms with Crippen molar-refractivity contribution in [2.45, 2.75) is 19.6 Å². The molecule has 0 saturated heterocycles. The normalized spacial score (nSPS) is 11.3. The Morgan fingerprint density at radius 3 is 2.41 bits per heavy atom. The van der Waals surface area contributed by atoms with Crippen molar-refractivity contribution in [1.82, 2.24) is 10.2 Å². The zero-order valence-electron chi connectivity index (χ0n) is 14.8. The summed E-state index contributed by atoms with van der Waals surface area (Å²) in [4.78, 5) is 0. The molecule has 0 saturated carbocycles. The van der Waals surface area contributed by atoms with Gasteiger partial charge in [-0.05, 0) is 48.4 Å². The Kier molecular flexibility index (Phi) is 5.30. The summed E-state index contributed by atoms with van der Waals surface area (Å²) in [6.45, 7) is 2.20. The summed E-state index contributed by atoms with van der Waals surface area (Å²) in [5, 5.41) is 11.3. The number of rotatable bonds is 5. The second-order valence-electron chi connectivity index (χ2n) is 6.03. The third kappa shape index (κ3) is 4.55. The van der Waals surface area contributed by atoms with Crippen molar-refractivity contribution >= 4 is 5.82 Å². The van der Waals surface area contributed by atoms with Crippen LogP contribution in [0.3, 0.4) is 0 Å². The molecule has 0 aliphatic heterocycles. The van der Waals surface area contributed by atoms with Crippen molar-refractivity contribution in [2.24, 2.45) is 0 Å². The SMILES string of the molecule is COc1ccc(CNc2nnc(C)cc2-c2cccc(C(F)(F)F)c2)cc1. The van der Waals surface area contributed by atoms with E-state index < -0.39 is 11.7 Å². The number of aromatic nitrogens is 2. The van der Waals surface area contributed by atoms with Gasteiger partial charge in [0, 0.05) is 12.1 Å². The lowest BCUT2D eigenvalue weighted by Crippen LogP contribution is -2.07. The van der Waals surface area contributed by atoms with Crippen molar-refractivity contribution < 1.29 is 17.9 Å². The van der Waals surface area contributed by atoms with Crippen LogP contribution in [0.4, 0.5) is 19.0 Å². The summed E-state index contributed by atoms with van der Waals surface area (Å²) < 4.78 is 44.2. The predicted molar refractivity (Wildman–Crippen MR) is 97.5 cm³/mol. The molecule has 0 radical (unpaired) electrons. The number of hydrogen-bond donors (Lipinski definition) is 1. The lowest BCUT2D eigenvalue weighted by Gasteiger charge is -2.13. The Bertz CT molecular complexity index is 925. The predicted octanol–water partition coefficient (Wildman–Crippen LogP) is 5.09. The van der Waals surface area contributed by atoms with Gasteiger partial charge in [0.1, 0.15) is 5.75 Å². The second kappa shape index (κ2) is 7.65. The molecule has 140 valence electrons. The van der Waals surface area contributed by atoms with Crippen LogP contribution in [0.1, 0.15) is 16.8 Å². The molecule has 0 unspecified atom stereocenters. The highest BCUT2D eigenvalue weighted by Crippen LogP contribution is 2.34. The first-order chi connectivity index (χ1) is 12.9. The van der Waals surface area contributed by atoms with Crippen LogP contribution in [0.25, 0.3) is 11.1 Å². The van der Waals surface area contributed by atoms with E-state index in [1.807, 2.05) is 24.3 Å². The van der Waals surface area contributed by atoms with E-state index in [0.29, 0.717) is 29.2 Å². The number of methoxy groups -OCH3 is 1. The highest BCUT2D eigenvalue weighted by atomic mass is 19.4. The van der Waals surface area contributed by atoms with Crippen LogP contribution in [0.5, 0.6) is 5.75 Å². The van der Waals surface area contributed by atoms with Gasteiger partial charge in [-0.3, -0.25) is 0 Å². The monoisotopic (exact) mass is 373 g/mol. The Morgan fingerprint density at radius 1 is 1.00 bits per heavy atom. The van der Waals surface area contributed by atoms with E-state index in [0.717, 1.165) is 23.4 Å². The molecule has 0 aliphatic rings. The summed E-state index contributed by atoms with van der Waals surface area (Å²) >= 11 is 0. The van der Waals surface area contributed by atoms with Crippen molar-refractivity contribution in [3.8, 4) is 16.9 Å². The molecule has 0 bridgehead atoms. The van der Waals surface area contributed by atoms with Gasteiger partial charge in [-0.25, -0.2) is 0 Å². The molecule has 3 aromatic rings. The molecular weight excluding hydrogens is 355 g/mol. The number of halogens is 3. The fourth-order valence-corrected chi connectivity index (χ4v) is 2.63. The maximum atomic E-state index is 13.0. The molecule has 4 nitrogen and oxygen atoms in total. The third-order valence-corrected chi connectivity index (χ3v) is 4.04. The van der Waals surface area contributed by atoms with Crippen LogP contribution in [0.2, 0.25) is 0 Å². The molecule has 7 heteroatoms. The van der Waals surface area contributed by atoms with Gasteiger partial charge in [0.05, 0.1) is 18.4 Å². The minimum absolute atomic E-state index is 0.427.